The number of halogens is 1. The van der Waals surface area contributed by atoms with Gasteiger partial charge in [0.05, 0.1) is 0 Å². The van der Waals surface area contributed by atoms with Crippen LogP contribution in [-0.4, -0.2) is 12.6 Å². The van der Waals surface area contributed by atoms with E-state index in [0.717, 1.165) is 16.8 Å². The van der Waals surface area contributed by atoms with E-state index in [1.54, 1.807) is 0 Å². The fourth-order valence-electron chi connectivity index (χ4n) is 3.88. The molecule has 1 aliphatic rings. The largest absolute Gasteiger partial charge is 0.313 e. The van der Waals surface area contributed by atoms with Crippen LogP contribution in [0.2, 0.25) is 0 Å². The lowest BCUT2D eigenvalue weighted by molar-refractivity contribution is 0.216. The highest BCUT2D eigenvalue weighted by molar-refractivity contribution is 9.10. The molecule has 1 fully saturated rings. The topological polar surface area (TPSA) is 12.0 Å². The van der Waals surface area contributed by atoms with Crippen LogP contribution in [0.4, 0.5) is 0 Å². The number of hydrogen-bond donors (Lipinski definition) is 1. The lowest BCUT2D eigenvalue weighted by Gasteiger charge is -2.32. The molecule has 0 aromatic heterocycles. The van der Waals surface area contributed by atoms with E-state index in [1.807, 2.05) is 0 Å². The average molecular weight is 352 g/mol. The van der Waals surface area contributed by atoms with Crippen molar-refractivity contribution < 1.29 is 0 Å². The van der Waals surface area contributed by atoms with Gasteiger partial charge in [0.25, 0.3) is 0 Å². The molecule has 118 valence electrons. The summed E-state index contributed by atoms with van der Waals surface area (Å²) in [6, 6.07) is 9.28. The zero-order valence-electron chi connectivity index (χ0n) is 13.8. The van der Waals surface area contributed by atoms with Gasteiger partial charge in [-0.3, -0.25) is 0 Å². The summed E-state index contributed by atoms with van der Waals surface area (Å²) in [5.74, 6) is 0.812. The van der Waals surface area contributed by atoms with Crippen molar-refractivity contribution in [2.24, 2.45) is 11.3 Å². The zero-order chi connectivity index (χ0) is 15.3. The van der Waals surface area contributed by atoms with E-state index in [4.69, 9.17) is 0 Å². The molecule has 1 saturated carbocycles. The van der Waals surface area contributed by atoms with Gasteiger partial charge in [-0.2, -0.15) is 0 Å². The number of benzene rings is 1. The first-order valence-electron chi connectivity index (χ1n) is 8.47. The van der Waals surface area contributed by atoms with E-state index >= 15 is 0 Å². The van der Waals surface area contributed by atoms with Crippen LogP contribution < -0.4 is 5.32 Å². The SMILES string of the molecule is CC(C)CC1(CNC(C)Cc2ccc(Br)cc2)CCCC1. The summed E-state index contributed by atoms with van der Waals surface area (Å²) in [6.45, 7) is 8.25. The molecule has 1 aromatic carbocycles. The lowest BCUT2D eigenvalue weighted by atomic mass is 9.78. The summed E-state index contributed by atoms with van der Waals surface area (Å²) in [7, 11) is 0. The van der Waals surface area contributed by atoms with Crippen LogP contribution >= 0.6 is 15.9 Å². The third kappa shape index (κ3) is 5.41. The normalized spacial score (nSPS) is 19.1. The maximum Gasteiger partial charge on any atom is 0.0175 e. The van der Waals surface area contributed by atoms with Gasteiger partial charge in [-0.05, 0) is 61.6 Å². The highest BCUT2D eigenvalue weighted by Crippen LogP contribution is 2.42. The molecule has 0 bridgehead atoms. The van der Waals surface area contributed by atoms with Crippen molar-refractivity contribution in [1.29, 1.82) is 0 Å². The number of nitrogens with one attached hydrogen (secondary N) is 1. The summed E-state index contributed by atoms with van der Waals surface area (Å²) in [5.41, 5.74) is 1.99. The number of hydrogen-bond acceptors (Lipinski definition) is 1. The Kier molecular flexibility index (Phi) is 6.31. The monoisotopic (exact) mass is 351 g/mol. The molecule has 0 spiro atoms. The Morgan fingerprint density at radius 3 is 2.29 bits per heavy atom. The van der Waals surface area contributed by atoms with Crippen molar-refractivity contribution in [3.8, 4) is 0 Å². The molecule has 1 N–H and O–H groups in total. The minimum Gasteiger partial charge on any atom is -0.313 e. The fourth-order valence-corrected chi connectivity index (χ4v) is 4.15. The first kappa shape index (κ1) is 17.0. The highest BCUT2D eigenvalue weighted by Gasteiger charge is 2.34. The van der Waals surface area contributed by atoms with Crippen LogP contribution in [0, 0.1) is 11.3 Å². The van der Waals surface area contributed by atoms with Crippen LogP contribution in [-0.2, 0) is 6.42 Å². The second-order valence-electron chi connectivity index (χ2n) is 7.42. The molecule has 0 aliphatic heterocycles. The van der Waals surface area contributed by atoms with Gasteiger partial charge in [0.1, 0.15) is 0 Å². The summed E-state index contributed by atoms with van der Waals surface area (Å²) in [5, 5.41) is 3.82. The van der Waals surface area contributed by atoms with Gasteiger partial charge in [-0.15, -0.1) is 0 Å². The van der Waals surface area contributed by atoms with Gasteiger partial charge >= 0.3 is 0 Å². The Balaban J connectivity index is 1.84. The minimum atomic E-state index is 0.552. The Morgan fingerprint density at radius 1 is 1.10 bits per heavy atom. The summed E-state index contributed by atoms with van der Waals surface area (Å²) in [4.78, 5) is 0. The molecule has 1 nitrogen and oxygen atoms in total. The van der Waals surface area contributed by atoms with E-state index in [1.165, 1.54) is 44.2 Å². The lowest BCUT2D eigenvalue weighted by Crippen LogP contribution is -2.39. The summed E-state index contributed by atoms with van der Waals surface area (Å²) < 4.78 is 1.16. The maximum atomic E-state index is 3.82. The quantitative estimate of drug-likeness (QED) is 0.676. The standard InChI is InChI=1S/C19H30BrN/c1-15(2)13-19(10-4-5-11-19)14-21-16(3)12-17-6-8-18(20)9-7-17/h6-9,15-16,21H,4-5,10-14H2,1-3H3. The molecule has 1 aliphatic carbocycles. The van der Waals surface area contributed by atoms with Crippen molar-refractivity contribution in [2.45, 2.75) is 65.3 Å². The Labute approximate surface area is 139 Å². The predicted octanol–water partition coefficient (Wildman–Crippen LogP) is 5.58. The summed E-state index contributed by atoms with van der Waals surface area (Å²) >= 11 is 3.50. The summed E-state index contributed by atoms with van der Waals surface area (Å²) in [6.07, 6.45) is 8.19. The van der Waals surface area contributed by atoms with Gasteiger partial charge in [-0.1, -0.05) is 54.8 Å². The number of rotatable bonds is 7. The van der Waals surface area contributed by atoms with Crippen molar-refractivity contribution in [3.63, 3.8) is 0 Å². The van der Waals surface area contributed by atoms with Gasteiger partial charge in [0.15, 0.2) is 0 Å². The van der Waals surface area contributed by atoms with E-state index in [-0.39, 0.29) is 0 Å². The van der Waals surface area contributed by atoms with Gasteiger partial charge in [0.2, 0.25) is 0 Å². The van der Waals surface area contributed by atoms with Crippen LogP contribution in [0.3, 0.4) is 0 Å². The molecule has 0 heterocycles. The molecule has 1 aromatic rings. The van der Waals surface area contributed by atoms with Gasteiger partial charge in [0, 0.05) is 17.1 Å². The third-order valence-corrected chi connectivity index (χ3v) is 5.31. The van der Waals surface area contributed by atoms with E-state index in [2.05, 4.69) is 66.3 Å². The van der Waals surface area contributed by atoms with Crippen LogP contribution in [0.25, 0.3) is 0 Å². The minimum absolute atomic E-state index is 0.552. The third-order valence-electron chi connectivity index (χ3n) is 4.79. The molecule has 2 rings (SSSR count). The average Bonchev–Trinajstić information content (AvgIpc) is 2.87. The molecule has 1 unspecified atom stereocenters. The van der Waals surface area contributed by atoms with Crippen molar-refractivity contribution in [2.75, 3.05) is 6.54 Å². The van der Waals surface area contributed by atoms with E-state index in [9.17, 15) is 0 Å². The Hall–Kier alpha value is -0.340. The van der Waals surface area contributed by atoms with E-state index in [0.29, 0.717) is 11.5 Å². The van der Waals surface area contributed by atoms with Crippen molar-refractivity contribution >= 4 is 15.9 Å². The molecule has 0 radical (unpaired) electrons. The molecule has 1 atom stereocenters. The fraction of sp³-hybridized carbons (Fsp3) is 0.684. The Bertz CT molecular complexity index is 418. The molecule has 21 heavy (non-hydrogen) atoms. The molecular weight excluding hydrogens is 322 g/mol. The van der Waals surface area contributed by atoms with Crippen LogP contribution in [0.1, 0.15) is 58.4 Å². The maximum absolute atomic E-state index is 3.82. The van der Waals surface area contributed by atoms with Gasteiger partial charge < -0.3 is 5.32 Å². The molecule has 2 heteroatoms. The van der Waals surface area contributed by atoms with Crippen molar-refractivity contribution in [3.05, 3.63) is 34.3 Å². The first-order valence-corrected chi connectivity index (χ1v) is 9.26. The van der Waals surface area contributed by atoms with Crippen LogP contribution in [0.5, 0.6) is 0 Å². The second kappa shape index (κ2) is 7.78. The smallest absolute Gasteiger partial charge is 0.0175 e. The first-order chi connectivity index (χ1) is 9.99. The highest BCUT2D eigenvalue weighted by atomic mass is 79.9. The van der Waals surface area contributed by atoms with E-state index < -0.39 is 0 Å². The zero-order valence-corrected chi connectivity index (χ0v) is 15.4. The van der Waals surface area contributed by atoms with Gasteiger partial charge in [-0.25, -0.2) is 0 Å². The van der Waals surface area contributed by atoms with Crippen molar-refractivity contribution in [1.82, 2.24) is 5.32 Å². The second-order valence-corrected chi connectivity index (χ2v) is 8.33. The van der Waals surface area contributed by atoms with Crippen LogP contribution in [0.15, 0.2) is 28.7 Å². The predicted molar refractivity (Wildman–Crippen MR) is 95.7 cm³/mol. The molecule has 0 saturated heterocycles. The Morgan fingerprint density at radius 2 is 1.71 bits per heavy atom. The molecule has 0 amide bonds. The molecular formula is C19H30BrN.